The first kappa shape index (κ1) is 18.6. The standard InChI is InChI=1S/C17H17BrN4O3/c1-2-16(20-14-8-6-13(18)7-9-14)17(23)21-19-11-12-4-3-5-15(10-12)22(24)25/h3-11,16,20H,2H2,1H3,(H,21,23)/b19-11-/t16-/m1/s1. The number of non-ortho nitro benzene ring substituents is 1. The quantitative estimate of drug-likeness (QED) is 0.417. The van der Waals surface area contributed by atoms with Gasteiger partial charge in [0.25, 0.3) is 11.6 Å². The monoisotopic (exact) mass is 404 g/mol. The van der Waals surface area contributed by atoms with Crippen molar-refractivity contribution in [2.75, 3.05) is 5.32 Å². The van der Waals surface area contributed by atoms with E-state index in [0.717, 1.165) is 10.2 Å². The number of nitrogens with zero attached hydrogens (tertiary/aromatic N) is 2. The molecule has 0 fully saturated rings. The predicted octanol–water partition coefficient (Wildman–Crippen LogP) is 3.70. The lowest BCUT2D eigenvalue weighted by atomic mass is 10.2. The van der Waals surface area contributed by atoms with Gasteiger partial charge in [0.2, 0.25) is 0 Å². The van der Waals surface area contributed by atoms with Gasteiger partial charge in [-0.1, -0.05) is 35.0 Å². The van der Waals surface area contributed by atoms with E-state index in [1.54, 1.807) is 12.1 Å². The van der Waals surface area contributed by atoms with Gasteiger partial charge >= 0.3 is 0 Å². The Bertz CT molecular complexity index is 778. The number of carbonyl (C=O) groups is 1. The van der Waals surface area contributed by atoms with Gasteiger partial charge in [0.1, 0.15) is 6.04 Å². The molecule has 0 aliphatic carbocycles. The van der Waals surface area contributed by atoms with Crippen molar-refractivity contribution in [3.8, 4) is 0 Å². The number of hydrazone groups is 1. The SMILES string of the molecule is CC[C@@H](Nc1ccc(Br)cc1)C(=O)N/N=C\c1cccc([N+](=O)[O-])c1. The van der Waals surface area contributed by atoms with Crippen molar-refractivity contribution in [2.45, 2.75) is 19.4 Å². The summed E-state index contributed by atoms with van der Waals surface area (Å²) < 4.78 is 0.956. The number of nitro groups is 1. The van der Waals surface area contributed by atoms with E-state index >= 15 is 0 Å². The summed E-state index contributed by atoms with van der Waals surface area (Å²) in [5.41, 5.74) is 3.78. The first-order valence-electron chi connectivity index (χ1n) is 7.59. The molecule has 130 valence electrons. The lowest BCUT2D eigenvalue weighted by Crippen LogP contribution is -2.36. The summed E-state index contributed by atoms with van der Waals surface area (Å²) in [6.07, 6.45) is 1.95. The second kappa shape index (κ2) is 8.93. The van der Waals surface area contributed by atoms with E-state index in [1.807, 2.05) is 31.2 Å². The summed E-state index contributed by atoms with van der Waals surface area (Å²) in [4.78, 5) is 22.5. The molecule has 2 aromatic rings. The van der Waals surface area contributed by atoms with Crippen LogP contribution in [0.25, 0.3) is 0 Å². The minimum absolute atomic E-state index is 0.0291. The number of nitro benzene ring substituents is 1. The van der Waals surface area contributed by atoms with E-state index in [9.17, 15) is 14.9 Å². The molecule has 0 aliphatic rings. The Balaban J connectivity index is 1.96. The minimum Gasteiger partial charge on any atom is -0.374 e. The summed E-state index contributed by atoms with van der Waals surface area (Å²) in [7, 11) is 0. The van der Waals surface area contributed by atoms with E-state index in [1.165, 1.54) is 18.3 Å². The molecule has 1 atom stereocenters. The molecule has 8 heteroatoms. The Morgan fingerprint density at radius 3 is 2.68 bits per heavy atom. The third-order valence-electron chi connectivity index (χ3n) is 3.38. The lowest BCUT2D eigenvalue weighted by molar-refractivity contribution is -0.384. The van der Waals surface area contributed by atoms with Gasteiger partial charge in [-0.2, -0.15) is 5.10 Å². The summed E-state index contributed by atoms with van der Waals surface area (Å²) in [6, 6.07) is 13.1. The normalized spacial score (nSPS) is 11.9. The van der Waals surface area contributed by atoms with Gasteiger partial charge in [-0.15, -0.1) is 0 Å². The predicted molar refractivity (Wildman–Crippen MR) is 101 cm³/mol. The van der Waals surface area contributed by atoms with Crippen LogP contribution in [0.5, 0.6) is 0 Å². The Labute approximate surface area is 153 Å². The molecule has 1 amide bonds. The smallest absolute Gasteiger partial charge is 0.270 e. The van der Waals surface area contributed by atoms with E-state index in [-0.39, 0.29) is 11.6 Å². The minimum atomic E-state index is -0.481. The second-order valence-electron chi connectivity index (χ2n) is 5.20. The van der Waals surface area contributed by atoms with Crippen LogP contribution in [0, 0.1) is 10.1 Å². The summed E-state index contributed by atoms with van der Waals surface area (Å²) in [5, 5.41) is 17.7. The van der Waals surface area contributed by atoms with Gasteiger partial charge < -0.3 is 5.32 Å². The van der Waals surface area contributed by atoms with Crippen LogP contribution in [0.4, 0.5) is 11.4 Å². The number of carbonyl (C=O) groups excluding carboxylic acids is 1. The fourth-order valence-corrected chi connectivity index (χ4v) is 2.33. The molecule has 0 spiro atoms. The van der Waals surface area contributed by atoms with Gasteiger partial charge in [-0.3, -0.25) is 14.9 Å². The number of hydrogen-bond acceptors (Lipinski definition) is 5. The van der Waals surface area contributed by atoms with Gasteiger partial charge in [-0.25, -0.2) is 5.43 Å². The zero-order valence-corrected chi connectivity index (χ0v) is 15.1. The number of nitrogens with one attached hydrogen (secondary N) is 2. The van der Waals surface area contributed by atoms with E-state index < -0.39 is 11.0 Å². The van der Waals surface area contributed by atoms with Crippen molar-refractivity contribution < 1.29 is 9.72 Å². The number of benzene rings is 2. The molecule has 0 heterocycles. The van der Waals surface area contributed by atoms with E-state index in [0.29, 0.717) is 12.0 Å². The third kappa shape index (κ3) is 5.68. The van der Waals surface area contributed by atoms with Gasteiger partial charge in [0, 0.05) is 27.9 Å². The van der Waals surface area contributed by atoms with Gasteiger partial charge in [0.05, 0.1) is 11.1 Å². The zero-order valence-electron chi connectivity index (χ0n) is 13.5. The number of rotatable bonds is 7. The van der Waals surface area contributed by atoms with Crippen molar-refractivity contribution in [1.82, 2.24) is 5.43 Å². The van der Waals surface area contributed by atoms with Gasteiger partial charge in [0.15, 0.2) is 0 Å². The van der Waals surface area contributed by atoms with Gasteiger partial charge in [-0.05, 0) is 30.7 Å². The Kier molecular flexibility index (Phi) is 6.64. The molecule has 7 nitrogen and oxygen atoms in total. The Hall–Kier alpha value is -2.74. The number of anilines is 1. The third-order valence-corrected chi connectivity index (χ3v) is 3.91. The molecule has 2 aromatic carbocycles. The fourth-order valence-electron chi connectivity index (χ4n) is 2.07. The maximum Gasteiger partial charge on any atom is 0.270 e. The molecular weight excluding hydrogens is 388 g/mol. The van der Waals surface area contributed by atoms with Crippen LogP contribution in [0.3, 0.4) is 0 Å². The van der Waals surface area contributed by atoms with Crippen LogP contribution >= 0.6 is 15.9 Å². The largest absolute Gasteiger partial charge is 0.374 e. The first-order chi connectivity index (χ1) is 12.0. The molecule has 2 N–H and O–H groups in total. The number of hydrogen-bond donors (Lipinski definition) is 2. The highest BCUT2D eigenvalue weighted by Crippen LogP contribution is 2.15. The highest BCUT2D eigenvalue weighted by atomic mass is 79.9. The maximum absolute atomic E-state index is 12.2. The van der Waals surface area contributed by atoms with Crippen molar-refractivity contribution in [3.05, 3.63) is 68.7 Å². The van der Waals surface area contributed by atoms with E-state index in [4.69, 9.17) is 0 Å². The van der Waals surface area contributed by atoms with Crippen LogP contribution in [-0.2, 0) is 4.79 Å². The number of halogens is 1. The van der Waals surface area contributed by atoms with Crippen LogP contribution in [0.15, 0.2) is 58.1 Å². The molecule has 2 rings (SSSR count). The van der Waals surface area contributed by atoms with Crippen LogP contribution < -0.4 is 10.7 Å². The zero-order chi connectivity index (χ0) is 18.2. The highest BCUT2D eigenvalue weighted by molar-refractivity contribution is 9.10. The van der Waals surface area contributed by atoms with Crippen molar-refractivity contribution in [2.24, 2.45) is 5.10 Å². The Morgan fingerprint density at radius 2 is 2.04 bits per heavy atom. The topological polar surface area (TPSA) is 96.6 Å². The summed E-state index contributed by atoms with van der Waals surface area (Å²) >= 11 is 3.36. The second-order valence-corrected chi connectivity index (χ2v) is 6.11. The van der Waals surface area contributed by atoms with Crippen LogP contribution in [-0.4, -0.2) is 23.1 Å². The molecule has 0 saturated carbocycles. The molecule has 0 unspecified atom stereocenters. The summed E-state index contributed by atoms with van der Waals surface area (Å²) in [5.74, 6) is -0.285. The number of amides is 1. The summed E-state index contributed by atoms with van der Waals surface area (Å²) in [6.45, 7) is 1.89. The van der Waals surface area contributed by atoms with Crippen LogP contribution in [0.1, 0.15) is 18.9 Å². The average molecular weight is 405 g/mol. The molecule has 0 aromatic heterocycles. The molecular formula is C17H17BrN4O3. The fraction of sp³-hybridized carbons (Fsp3) is 0.176. The molecule has 0 saturated heterocycles. The lowest BCUT2D eigenvalue weighted by Gasteiger charge is -2.16. The molecule has 0 aliphatic heterocycles. The maximum atomic E-state index is 12.2. The van der Waals surface area contributed by atoms with E-state index in [2.05, 4.69) is 31.8 Å². The first-order valence-corrected chi connectivity index (χ1v) is 8.38. The molecule has 0 radical (unpaired) electrons. The highest BCUT2D eigenvalue weighted by Gasteiger charge is 2.15. The van der Waals surface area contributed by atoms with Crippen molar-refractivity contribution in [3.63, 3.8) is 0 Å². The molecule has 25 heavy (non-hydrogen) atoms. The Morgan fingerprint density at radius 1 is 1.32 bits per heavy atom. The van der Waals surface area contributed by atoms with Crippen LogP contribution in [0.2, 0.25) is 0 Å². The van der Waals surface area contributed by atoms with Crippen molar-refractivity contribution >= 4 is 39.4 Å². The molecule has 0 bridgehead atoms. The average Bonchev–Trinajstić information content (AvgIpc) is 2.61. The van der Waals surface area contributed by atoms with Crippen molar-refractivity contribution in [1.29, 1.82) is 0 Å².